The third-order valence-electron chi connectivity index (χ3n) is 8.32. The van der Waals surface area contributed by atoms with Crippen LogP contribution < -0.4 is 10.9 Å². The van der Waals surface area contributed by atoms with Gasteiger partial charge in [0.1, 0.15) is 5.52 Å². The summed E-state index contributed by atoms with van der Waals surface area (Å²) in [6, 6.07) is 8.41. The number of nitrogens with zero attached hydrogens (tertiary/aromatic N) is 2. The molecule has 3 atom stereocenters. The molecule has 2 fully saturated rings. The number of aromatic nitrogens is 2. The maximum Gasteiger partial charge on any atom is 0.275 e. The number of rotatable bonds is 3. The Balaban J connectivity index is 1.67. The van der Waals surface area contributed by atoms with Crippen LogP contribution in [-0.2, 0) is 7.05 Å². The largest absolute Gasteiger partial charge is 0.349 e. The van der Waals surface area contributed by atoms with Crippen LogP contribution in [-0.4, -0.2) is 21.1 Å². The fourth-order valence-corrected chi connectivity index (χ4v) is 6.14. The van der Waals surface area contributed by atoms with Gasteiger partial charge in [0.2, 0.25) is 0 Å². The SMILES string of the molecule is C[C@H]1[C@H](C)CCC[C@H]1NC(=O)c1cn(C2CCCCC2)c(=O)c2c1c1ccccc1n2C. The van der Waals surface area contributed by atoms with E-state index in [9.17, 15) is 9.59 Å². The number of pyridine rings is 1. The highest BCUT2D eigenvalue weighted by molar-refractivity contribution is 6.17. The van der Waals surface area contributed by atoms with E-state index in [1.54, 1.807) is 0 Å². The Morgan fingerprint density at radius 3 is 2.53 bits per heavy atom. The number of hydrogen-bond acceptors (Lipinski definition) is 2. The third-order valence-corrected chi connectivity index (χ3v) is 8.32. The van der Waals surface area contributed by atoms with E-state index >= 15 is 0 Å². The van der Waals surface area contributed by atoms with E-state index in [1.807, 2.05) is 46.6 Å². The predicted molar refractivity (Wildman–Crippen MR) is 130 cm³/mol. The van der Waals surface area contributed by atoms with Gasteiger partial charge in [-0.2, -0.15) is 0 Å². The Bertz CT molecular complexity index is 1220. The molecule has 1 N–H and O–H groups in total. The van der Waals surface area contributed by atoms with Crippen molar-refractivity contribution in [3.63, 3.8) is 0 Å². The molecule has 5 rings (SSSR count). The highest BCUT2D eigenvalue weighted by Gasteiger charge is 2.30. The summed E-state index contributed by atoms with van der Waals surface area (Å²) < 4.78 is 3.86. The van der Waals surface area contributed by atoms with Crippen LogP contribution in [0.2, 0.25) is 0 Å². The summed E-state index contributed by atoms with van der Waals surface area (Å²) in [5.41, 5.74) is 2.32. The van der Waals surface area contributed by atoms with E-state index in [1.165, 1.54) is 12.8 Å². The van der Waals surface area contributed by atoms with Crippen molar-refractivity contribution in [1.82, 2.24) is 14.5 Å². The average molecular weight is 434 g/mol. The smallest absolute Gasteiger partial charge is 0.275 e. The minimum atomic E-state index is -0.0399. The van der Waals surface area contributed by atoms with Crippen molar-refractivity contribution in [2.24, 2.45) is 18.9 Å². The van der Waals surface area contributed by atoms with Gasteiger partial charge in [-0.05, 0) is 37.2 Å². The molecule has 5 nitrogen and oxygen atoms in total. The molecule has 0 radical (unpaired) electrons. The normalized spacial score (nSPS) is 24.8. The highest BCUT2D eigenvalue weighted by Crippen LogP contribution is 2.33. The maximum atomic E-state index is 13.7. The number of carbonyl (C=O) groups excluding carboxylic acids is 1. The maximum absolute atomic E-state index is 13.7. The lowest BCUT2D eigenvalue weighted by Crippen LogP contribution is -2.44. The second-order valence-corrected chi connectivity index (χ2v) is 10.2. The van der Waals surface area contributed by atoms with Crippen LogP contribution in [0.1, 0.15) is 81.6 Å². The molecule has 170 valence electrons. The standard InChI is InChI=1S/C27H35N3O2/c1-17-10-9-14-22(18(17)2)28-26(31)21-16-30(19-11-5-4-6-12-19)27(32)25-24(21)20-13-7-8-15-23(20)29(25)3/h7-8,13,15-19,22H,4-6,9-12,14H2,1-3H3,(H,28,31)/t17-,18+,22-/m1/s1. The third kappa shape index (κ3) is 3.46. The second kappa shape index (κ2) is 8.42. The Kier molecular flexibility index (Phi) is 5.60. The lowest BCUT2D eigenvalue weighted by molar-refractivity contribution is 0.0891. The van der Waals surface area contributed by atoms with Crippen molar-refractivity contribution in [2.75, 3.05) is 0 Å². The van der Waals surface area contributed by atoms with E-state index < -0.39 is 0 Å². The summed E-state index contributed by atoms with van der Waals surface area (Å²) in [6.07, 6.45) is 10.8. The molecule has 2 aliphatic rings. The monoisotopic (exact) mass is 433 g/mol. The Labute approximate surface area is 189 Å². The van der Waals surface area contributed by atoms with Gasteiger partial charge in [-0.1, -0.05) is 64.2 Å². The number of nitrogens with one attached hydrogen (secondary N) is 1. The van der Waals surface area contributed by atoms with Gasteiger partial charge in [-0.15, -0.1) is 0 Å². The molecule has 5 heteroatoms. The fraction of sp³-hybridized carbons (Fsp3) is 0.556. The van der Waals surface area contributed by atoms with E-state index in [4.69, 9.17) is 0 Å². The molecule has 1 amide bonds. The first-order chi connectivity index (χ1) is 15.5. The lowest BCUT2D eigenvalue weighted by atomic mass is 9.78. The van der Waals surface area contributed by atoms with Crippen LogP contribution in [0.3, 0.4) is 0 Å². The van der Waals surface area contributed by atoms with Gasteiger partial charge >= 0.3 is 0 Å². The van der Waals surface area contributed by atoms with Crippen molar-refractivity contribution in [2.45, 2.75) is 77.3 Å². The molecule has 32 heavy (non-hydrogen) atoms. The second-order valence-electron chi connectivity index (χ2n) is 10.2. The van der Waals surface area contributed by atoms with Crippen LogP contribution in [0.15, 0.2) is 35.3 Å². The molecule has 2 saturated carbocycles. The van der Waals surface area contributed by atoms with E-state index in [0.717, 1.165) is 54.8 Å². The number of para-hydroxylation sites is 1. The number of hydrogen-bond donors (Lipinski definition) is 1. The molecule has 0 unspecified atom stereocenters. The summed E-state index contributed by atoms with van der Waals surface area (Å²) in [5, 5.41) is 5.15. The van der Waals surface area contributed by atoms with Crippen LogP contribution in [0.25, 0.3) is 21.8 Å². The molecular formula is C27H35N3O2. The molecule has 0 bridgehead atoms. The molecule has 3 aromatic rings. The number of amides is 1. The zero-order valence-electron chi connectivity index (χ0n) is 19.6. The van der Waals surface area contributed by atoms with Crippen LogP contribution in [0.4, 0.5) is 0 Å². The number of fused-ring (bicyclic) bond motifs is 3. The predicted octanol–water partition coefficient (Wildman–Crippen LogP) is 5.55. The fourth-order valence-electron chi connectivity index (χ4n) is 6.14. The summed E-state index contributed by atoms with van der Waals surface area (Å²) in [6.45, 7) is 4.54. The van der Waals surface area contributed by atoms with Gasteiger partial charge in [-0.3, -0.25) is 9.59 Å². The molecule has 2 aliphatic carbocycles. The number of benzene rings is 1. The number of aryl methyl sites for hydroxylation is 1. The van der Waals surface area contributed by atoms with Crippen molar-refractivity contribution in [1.29, 1.82) is 0 Å². The molecule has 0 spiro atoms. The first-order valence-electron chi connectivity index (χ1n) is 12.4. The average Bonchev–Trinajstić information content (AvgIpc) is 3.11. The molecule has 1 aromatic carbocycles. The Morgan fingerprint density at radius 1 is 1.00 bits per heavy atom. The van der Waals surface area contributed by atoms with E-state index in [2.05, 4.69) is 19.2 Å². The van der Waals surface area contributed by atoms with Gasteiger partial charge in [0.25, 0.3) is 11.5 Å². The minimum absolute atomic E-state index is 0.0295. The highest BCUT2D eigenvalue weighted by atomic mass is 16.2. The molecule has 0 saturated heterocycles. The summed E-state index contributed by atoms with van der Waals surface area (Å²) in [7, 11) is 1.95. The molecule has 2 aromatic heterocycles. The van der Waals surface area contributed by atoms with E-state index in [-0.39, 0.29) is 23.6 Å². The first-order valence-corrected chi connectivity index (χ1v) is 12.4. The number of carbonyl (C=O) groups is 1. The topological polar surface area (TPSA) is 56.0 Å². The van der Waals surface area contributed by atoms with Crippen molar-refractivity contribution < 1.29 is 4.79 Å². The minimum Gasteiger partial charge on any atom is -0.349 e. The summed E-state index contributed by atoms with van der Waals surface area (Å²) in [4.78, 5) is 27.4. The zero-order valence-corrected chi connectivity index (χ0v) is 19.6. The van der Waals surface area contributed by atoms with Crippen molar-refractivity contribution in [3.8, 4) is 0 Å². The zero-order chi connectivity index (χ0) is 22.4. The molecule has 2 heterocycles. The summed E-state index contributed by atoms with van der Waals surface area (Å²) >= 11 is 0. The molecular weight excluding hydrogens is 398 g/mol. The van der Waals surface area contributed by atoms with Crippen molar-refractivity contribution in [3.05, 3.63) is 46.4 Å². The Hall–Kier alpha value is -2.56. The van der Waals surface area contributed by atoms with Crippen LogP contribution in [0.5, 0.6) is 0 Å². The van der Waals surface area contributed by atoms with Gasteiger partial charge in [0, 0.05) is 41.6 Å². The van der Waals surface area contributed by atoms with Crippen LogP contribution in [0, 0.1) is 11.8 Å². The van der Waals surface area contributed by atoms with Gasteiger partial charge in [-0.25, -0.2) is 0 Å². The van der Waals surface area contributed by atoms with E-state index in [0.29, 0.717) is 22.9 Å². The van der Waals surface area contributed by atoms with Gasteiger partial charge in [0.15, 0.2) is 0 Å². The first kappa shape index (κ1) is 21.3. The van der Waals surface area contributed by atoms with Crippen molar-refractivity contribution >= 4 is 27.7 Å². The van der Waals surface area contributed by atoms with Crippen LogP contribution >= 0.6 is 0 Å². The van der Waals surface area contributed by atoms with Gasteiger partial charge < -0.3 is 14.5 Å². The summed E-state index contributed by atoms with van der Waals surface area (Å²) in [5.74, 6) is 1.03. The quantitative estimate of drug-likeness (QED) is 0.588. The van der Waals surface area contributed by atoms with Gasteiger partial charge in [0.05, 0.1) is 5.56 Å². The Morgan fingerprint density at radius 2 is 1.75 bits per heavy atom. The lowest BCUT2D eigenvalue weighted by Gasteiger charge is -2.34. The molecule has 0 aliphatic heterocycles.